The summed E-state index contributed by atoms with van der Waals surface area (Å²) in [4.78, 5) is 24.7. The predicted molar refractivity (Wildman–Crippen MR) is 112 cm³/mol. The van der Waals surface area contributed by atoms with Crippen molar-refractivity contribution >= 4 is 50.3 Å². The maximum atomic E-state index is 12.5. The molecule has 0 aliphatic carbocycles. The molecule has 9 heteroatoms. The first-order valence-corrected chi connectivity index (χ1v) is 11.0. The van der Waals surface area contributed by atoms with Crippen LogP contribution < -0.4 is 10.2 Å². The van der Waals surface area contributed by atoms with Crippen molar-refractivity contribution in [2.45, 2.75) is 6.54 Å². The van der Waals surface area contributed by atoms with E-state index in [1.54, 1.807) is 22.9 Å². The molecule has 3 aromatic rings. The molecule has 1 N–H and O–H groups in total. The zero-order chi connectivity index (χ0) is 18.6. The summed E-state index contributed by atoms with van der Waals surface area (Å²) in [5.74, 6) is 0.730. The van der Waals surface area contributed by atoms with Crippen LogP contribution in [0.15, 0.2) is 39.6 Å². The summed E-state index contributed by atoms with van der Waals surface area (Å²) in [6.07, 6.45) is 1.78. The smallest absolute Gasteiger partial charge is 0.271 e. The summed E-state index contributed by atoms with van der Waals surface area (Å²) >= 11 is 6.52. The first-order valence-electron chi connectivity index (χ1n) is 8.45. The number of pyridine rings is 1. The fourth-order valence-corrected chi connectivity index (χ4v) is 5.12. The van der Waals surface area contributed by atoms with Crippen LogP contribution in [0.3, 0.4) is 0 Å². The minimum atomic E-state index is -0.176. The molecular weight excluding hydrogens is 448 g/mol. The van der Waals surface area contributed by atoms with Crippen LogP contribution in [0.2, 0.25) is 0 Å². The van der Waals surface area contributed by atoms with Gasteiger partial charge in [-0.15, -0.1) is 22.7 Å². The number of morpholine rings is 1. The van der Waals surface area contributed by atoms with Gasteiger partial charge in [0.15, 0.2) is 0 Å². The third kappa shape index (κ3) is 4.37. The van der Waals surface area contributed by atoms with Crippen molar-refractivity contribution in [3.63, 3.8) is 0 Å². The second-order valence-corrected chi connectivity index (χ2v) is 8.62. The van der Waals surface area contributed by atoms with Gasteiger partial charge >= 0.3 is 0 Å². The van der Waals surface area contributed by atoms with Crippen molar-refractivity contribution in [2.75, 3.05) is 31.2 Å². The lowest BCUT2D eigenvalue weighted by Gasteiger charge is -2.29. The molecule has 1 aliphatic rings. The molecule has 0 saturated carbocycles. The fraction of sp³-hybridized carbons (Fsp3) is 0.278. The standard InChI is InChI=1S/C18H17BrN4O2S2/c19-13-8-15(26-10-13)18-22-14(11-27-18)17(24)21-9-12-2-1-3-20-16(12)23-4-6-25-7-5-23/h1-3,8,10-11H,4-7,9H2,(H,21,24). The maximum absolute atomic E-state index is 12.5. The Hall–Kier alpha value is -1.81. The molecule has 0 spiro atoms. The number of hydrogen-bond donors (Lipinski definition) is 1. The number of nitrogens with one attached hydrogen (secondary N) is 1. The van der Waals surface area contributed by atoms with Gasteiger partial charge in [0.2, 0.25) is 0 Å². The number of nitrogens with zero attached hydrogens (tertiary/aromatic N) is 3. The Bertz CT molecular complexity index is 937. The highest BCUT2D eigenvalue weighted by molar-refractivity contribution is 9.10. The van der Waals surface area contributed by atoms with Gasteiger partial charge in [-0.25, -0.2) is 9.97 Å². The first kappa shape index (κ1) is 18.5. The molecule has 4 rings (SSSR count). The quantitative estimate of drug-likeness (QED) is 0.621. The van der Waals surface area contributed by atoms with Crippen LogP contribution in [0.1, 0.15) is 16.1 Å². The Morgan fingerprint density at radius 3 is 2.93 bits per heavy atom. The Labute approximate surface area is 173 Å². The van der Waals surface area contributed by atoms with Crippen molar-refractivity contribution < 1.29 is 9.53 Å². The van der Waals surface area contributed by atoms with Gasteiger partial charge in [-0.1, -0.05) is 6.07 Å². The van der Waals surface area contributed by atoms with Crippen molar-refractivity contribution in [2.24, 2.45) is 0 Å². The zero-order valence-electron chi connectivity index (χ0n) is 14.4. The molecule has 1 amide bonds. The highest BCUT2D eigenvalue weighted by Crippen LogP contribution is 2.32. The molecule has 0 atom stereocenters. The zero-order valence-corrected chi connectivity index (χ0v) is 17.6. The summed E-state index contributed by atoms with van der Waals surface area (Å²) in [6.45, 7) is 3.43. The molecule has 0 unspecified atom stereocenters. The number of thiazole rings is 1. The number of rotatable bonds is 5. The van der Waals surface area contributed by atoms with Crippen LogP contribution in [0.4, 0.5) is 5.82 Å². The van der Waals surface area contributed by atoms with Crippen molar-refractivity contribution in [1.82, 2.24) is 15.3 Å². The number of halogens is 1. The molecular formula is C18H17BrN4O2S2. The third-order valence-electron chi connectivity index (χ3n) is 4.13. The average molecular weight is 465 g/mol. The van der Waals surface area contributed by atoms with Crippen molar-refractivity contribution in [3.8, 4) is 9.88 Å². The summed E-state index contributed by atoms with van der Waals surface area (Å²) in [5.41, 5.74) is 1.43. The SMILES string of the molecule is O=C(NCc1cccnc1N1CCOCC1)c1csc(-c2cc(Br)cs2)n1. The highest BCUT2D eigenvalue weighted by atomic mass is 79.9. The molecule has 27 heavy (non-hydrogen) atoms. The molecule has 0 bridgehead atoms. The Morgan fingerprint density at radius 2 is 2.15 bits per heavy atom. The van der Waals surface area contributed by atoms with E-state index >= 15 is 0 Å². The lowest BCUT2D eigenvalue weighted by Crippen LogP contribution is -2.37. The third-order valence-corrected chi connectivity index (χ3v) is 6.84. The van der Waals surface area contributed by atoms with Gasteiger partial charge < -0.3 is 15.0 Å². The van der Waals surface area contributed by atoms with Gasteiger partial charge in [0.1, 0.15) is 16.5 Å². The average Bonchev–Trinajstić information content (AvgIpc) is 3.36. The van der Waals surface area contributed by atoms with Crippen molar-refractivity contribution in [3.05, 3.63) is 50.9 Å². The number of carbonyl (C=O) groups is 1. The minimum absolute atomic E-state index is 0.176. The largest absolute Gasteiger partial charge is 0.378 e. The molecule has 1 aliphatic heterocycles. The minimum Gasteiger partial charge on any atom is -0.378 e. The van der Waals surface area contributed by atoms with E-state index < -0.39 is 0 Å². The van der Waals surface area contributed by atoms with E-state index in [4.69, 9.17) is 4.74 Å². The van der Waals surface area contributed by atoms with Gasteiger partial charge in [-0.05, 0) is 28.1 Å². The van der Waals surface area contributed by atoms with E-state index in [2.05, 4.69) is 36.1 Å². The summed E-state index contributed by atoms with van der Waals surface area (Å²) in [5, 5.41) is 7.62. The van der Waals surface area contributed by atoms with E-state index in [1.807, 2.05) is 23.6 Å². The van der Waals surface area contributed by atoms with Crippen molar-refractivity contribution in [1.29, 1.82) is 0 Å². The first-order chi connectivity index (χ1) is 13.2. The molecule has 0 aromatic carbocycles. The van der Waals surface area contributed by atoms with E-state index in [0.717, 1.165) is 38.8 Å². The maximum Gasteiger partial charge on any atom is 0.271 e. The number of anilines is 1. The Morgan fingerprint density at radius 1 is 1.30 bits per heavy atom. The van der Waals surface area contributed by atoms with Gasteiger partial charge in [0, 0.05) is 46.6 Å². The van der Waals surface area contributed by atoms with E-state index in [9.17, 15) is 4.79 Å². The van der Waals surface area contributed by atoms with Gasteiger partial charge in [0.05, 0.1) is 18.1 Å². The predicted octanol–water partition coefficient (Wildman–Crippen LogP) is 3.80. The second kappa shape index (κ2) is 8.47. The van der Waals surface area contributed by atoms with E-state index in [0.29, 0.717) is 25.5 Å². The highest BCUT2D eigenvalue weighted by Gasteiger charge is 2.17. The van der Waals surface area contributed by atoms with Crippen LogP contribution in [0.5, 0.6) is 0 Å². The fourth-order valence-electron chi connectivity index (χ4n) is 2.81. The summed E-state index contributed by atoms with van der Waals surface area (Å²) in [7, 11) is 0. The number of ether oxygens (including phenoxy) is 1. The molecule has 3 aromatic heterocycles. The van der Waals surface area contributed by atoms with Crippen LogP contribution in [-0.2, 0) is 11.3 Å². The monoisotopic (exact) mass is 464 g/mol. The Kier molecular flexibility index (Phi) is 5.82. The molecule has 1 fully saturated rings. The Balaban J connectivity index is 1.43. The normalized spacial score (nSPS) is 14.3. The van der Waals surface area contributed by atoms with E-state index in [-0.39, 0.29) is 5.91 Å². The summed E-state index contributed by atoms with van der Waals surface area (Å²) in [6, 6.07) is 5.89. The number of amides is 1. The topological polar surface area (TPSA) is 67.4 Å². The second-order valence-electron chi connectivity index (χ2n) is 5.94. The number of thiophene rings is 1. The van der Waals surface area contributed by atoms with Crippen LogP contribution in [0.25, 0.3) is 9.88 Å². The molecule has 0 radical (unpaired) electrons. The lowest BCUT2D eigenvalue weighted by molar-refractivity contribution is 0.0946. The molecule has 1 saturated heterocycles. The van der Waals surface area contributed by atoms with Gasteiger partial charge in [-0.3, -0.25) is 4.79 Å². The number of hydrogen-bond acceptors (Lipinski definition) is 7. The molecule has 6 nitrogen and oxygen atoms in total. The van der Waals surface area contributed by atoms with Gasteiger partial charge in [-0.2, -0.15) is 0 Å². The van der Waals surface area contributed by atoms with Crippen LogP contribution in [0, 0.1) is 0 Å². The lowest BCUT2D eigenvalue weighted by atomic mass is 10.2. The van der Waals surface area contributed by atoms with Crippen LogP contribution >= 0.6 is 38.6 Å². The van der Waals surface area contributed by atoms with Crippen LogP contribution in [-0.4, -0.2) is 42.2 Å². The molecule has 140 valence electrons. The van der Waals surface area contributed by atoms with E-state index in [1.165, 1.54) is 11.3 Å². The number of aromatic nitrogens is 2. The summed E-state index contributed by atoms with van der Waals surface area (Å²) < 4.78 is 6.43. The molecule has 4 heterocycles. The van der Waals surface area contributed by atoms with Gasteiger partial charge in [0.25, 0.3) is 5.91 Å². The number of carbonyl (C=O) groups excluding carboxylic acids is 1.